The second-order valence-corrected chi connectivity index (χ2v) is 5.10. The quantitative estimate of drug-likeness (QED) is 0.848. The molecule has 0 saturated heterocycles. The summed E-state index contributed by atoms with van der Waals surface area (Å²) in [6, 6.07) is 11.2. The molecular weight excluding hydrogens is 264 g/mol. The Hall–Kier alpha value is -2.49. The van der Waals surface area contributed by atoms with Crippen molar-refractivity contribution in [1.82, 2.24) is 0 Å². The summed E-state index contributed by atoms with van der Waals surface area (Å²) in [6.07, 6.45) is 0.319. The van der Waals surface area contributed by atoms with Gasteiger partial charge in [0.2, 0.25) is 5.91 Å². The van der Waals surface area contributed by atoms with Gasteiger partial charge in [-0.05, 0) is 48.7 Å². The number of nitrogens with two attached hydrogens (primary N) is 1. The highest BCUT2D eigenvalue weighted by Gasteiger charge is 2.09. The molecule has 3 N–H and O–H groups in total. The second kappa shape index (κ2) is 6.31. The molecule has 21 heavy (non-hydrogen) atoms. The van der Waals surface area contributed by atoms with Crippen molar-refractivity contribution in [3.8, 4) is 5.75 Å². The first-order valence-electron chi connectivity index (χ1n) is 6.79. The minimum absolute atomic E-state index is 0.0952. The lowest BCUT2D eigenvalue weighted by molar-refractivity contribution is -0.115. The van der Waals surface area contributed by atoms with Crippen LogP contribution in [0, 0.1) is 13.8 Å². The largest absolute Gasteiger partial charge is 0.495 e. The first kappa shape index (κ1) is 14.9. The molecule has 4 nitrogen and oxygen atoms in total. The minimum Gasteiger partial charge on any atom is -0.495 e. The summed E-state index contributed by atoms with van der Waals surface area (Å²) in [4.78, 5) is 12.2. The van der Waals surface area contributed by atoms with Gasteiger partial charge in [0, 0.05) is 5.69 Å². The van der Waals surface area contributed by atoms with E-state index < -0.39 is 0 Å². The summed E-state index contributed by atoms with van der Waals surface area (Å²) in [5.74, 6) is 0.500. The lowest BCUT2D eigenvalue weighted by Gasteiger charge is -2.11. The Morgan fingerprint density at radius 3 is 2.57 bits per heavy atom. The molecule has 4 heteroatoms. The summed E-state index contributed by atoms with van der Waals surface area (Å²) in [7, 11) is 1.56. The number of hydrogen-bond acceptors (Lipinski definition) is 3. The number of carbonyl (C=O) groups excluding carboxylic acids is 1. The van der Waals surface area contributed by atoms with Crippen LogP contribution >= 0.6 is 0 Å². The molecule has 0 aromatic heterocycles. The van der Waals surface area contributed by atoms with E-state index in [0.29, 0.717) is 23.5 Å². The van der Waals surface area contributed by atoms with Crippen LogP contribution in [0.25, 0.3) is 0 Å². The third-order valence-electron chi connectivity index (χ3n) is 3.43. The number of nitrogens with one attached hydrogen (secondary N) is 1. The average Bonchev–Trinajstić information content (AvgIpc) is 2.43. The van der Waals surface area contributed by atoms with Crippen LogP contribution in [0.15, 0.2) is 36.4 Å². The second-order valence-electron chi connectivity index (χ2n) is 5.10. The van der Waals surface area contributed by atoms with E-state index in [1.54, 1.807) is 25.3 Å². The van der Waals surface area contributed by atoms with Crippen LogP contribution in [0.3, 0.4) is 0 Å². The van der Waals surface area contributed by atoms with Crippen LogP contribution in [-0.2, 0) is 11.2 Å². The van der Waals surface area contributed by atoms with Crippen molar-refractivity contribution >= 4 is 17.3 Å². The van der Waals surface area contributed by atoms with E-state index >= 15 is 0 Å². The monoisotopic (exact) mass is 284 g/mol. The highest BCUT2D eigenvalue weighted by Crippen LogP contribution is 2.26. The zero-order valence-corrected chi connectivity index (χ0v) is 12.6. The number of methoxy groups -OCH3 is 1. The zero-order valence-electron chi connectivity index (χ0n) is 12.6. The van der Waals surface area contributed by atoms with E-state index in [4.69, 9.17) is 10.5 Å². The smallest absolute Gasteiger partial charge is 0.228 e. The molecule has 0 unspecified atom stereocenters. The Bertz CT molecular complexity index is 666. The van der Waals surface area contributed by atoms with Crippen molar-refractivity contribution < 1.29 is 9.53 Å². The Balaban J connectivity index is 2.11. The van der Waals surface area contributed by atoms with Crippen LogP contribution < -0.4 is 15.8 Å². The van der Waals surface area contributed by atoms with Crippen molar-refractivity contribution in [2.24, 2.45) is 0 Å². The van der Waals surface area contributed by atoms with Gasteiger partial charge in [-0.1, -0.05) is 18.2 Å². The van der Waals surface area contributed by atoms with Gasteiger partial charge < -0.3 is 15.8 Å². The Kier molecular flexibility index (Phi) is 4.48. The van der Waals surface area contributed by atoms with E-state index in [-0.39, 0.29) is 5.91 Å². The molecule has 0 aliphatic carbocycles. The third-order valence-corrected chi connectivity index (χ3v) is 3.43. The number of nitrogen functional groups attached to an aromatic ring is 1. The van der Waals surface area contributed by atoms with E-state index in [0.717, 1.165) is 5.56 Å². The molecule has 0 heterocycles. The molecule has 0 aliphatic rings. The number of ether oxygens (including phenoxy) is 1. The van der Waals surface area contributed by atoms with E-state index in [9.17, 15) is 4.79 Å². The topological polar surface area (TPSA) is 64.3 Å². The molecule has 0 bridgehead atoms. The third kappa shape index (κ3) is 3.75. The maximum absolute atomic E-state index is 12.2. The lowest BCUT2D eigenvalue weighted by atomic mass is 10.0. The van der Waals surface area contributed by atoms with Gasteiger partial charge in [0.05, 0.1) is 19.2 Å². The van der Waals surface area contributed by atoms with Gasteiger partial charge in [-0.15, -0.1) is 0 Å². The fraction of sp³-hybridized carbons (Fsp3) is 0.235. The average molecular weight is 284 g/mol. The SMILES string of the molecule is COc1ccc(N)cc1NC(=O)Cc1ccc(C)c(C)c1. The first-order valence-corrected chi connectivity index (χ1v) is 6.79. The zero-order chi connectivity index (χ0) is 15.4. The standard InChI is InChI=1S/C17H20N2O2/c1-11-4-5-13(8-12(11)2)9-17(20)19-15-10-14(18)6-7-16(15)21-3/h4-8,10H,9,18H2,1-3H3,(H,19,20). The van der Waals surface area contributed by atoms with Gasteiger partial charge in [0.1, 0.15) is 5.75 Å². The Labute approximate surface area is 124 Å². The van der Waals surface area contributed by atoms with Crippen molar-refractivity contribution in [3.05, 3.63) is 53.1 Å². The van der Waals surface area contributed by atoms with Crippen LogP contribution in [0.1, 0.15) is 16.7 Å². The Morgan fingerprint density at radius 1 is 1.14 bits per heavy atom. The van der Waals surface area contributed by atoms with Crippen molar-refractivity contribution in [3.63, 3.8) is 0 Å². The van der Waals surface area contributed by atoms with E-state index in [1.165, 1.54) is 11.1 Å². The number of aryl methyl sites for hydroxylation is 2. The molecule has 110 valence electrons. The number of anilines is 2. The van der Waals surface area contributed by atoms with E-state index in [1.807, 2.05) is 25.1 Å². The normalized spacial score (nSPS) is 10.2. The molecule has 0 fully saturated rings. The molecular formula is C17H20N2O2. The number of amides is 1. The maximum atomic E-state index is 12.2. The number of benzene rings is 2. The van der Waals surface area contributed by atoms with Crippen LogP contribution in [0.2, 0.25) is 0 Å². The van der Waals surface area contributed by atoms with Crippen molar-refractivity contribution in [2.45, 2.75) is 20.3 Å². The van der Waals surface area contributed by atoms with Crippen LogP contribution in [-0.4, -0.2) is 13.0 Å². The molecule has 2 aromatic carbocycles. The predicted octanol–water partition coefficient (Wildman–Crippen LogP) is 3.08. The van der Waals surface area contributed by atoms with Gasteiger partial charge in [-0.3, -0.25) is 4.79 Å². The number of rotatable bonds is 4. The molecule has 2 aromatic rings. The molecule has 0 aliphatic heterocycles. The number of carbonyl (C=O) groups is 1. The molecule has 0 spiro atoms. The molecule has 0 radical (unpaired) electrons. The lowest BCUT2D eigenvalue weighted by Crippen LogP contribution is -2.15. The van der Waals surface area contributed by atoms with Crippen LogP contribution in [0.5, 0.6) is 5.75 Å². The van der Waals surface area contributed by atoms with Gasteiger partial charge in [0.25, 0.3) is 0 Å². The highest BCUT2D eigenvalue weighted by molar-refractivity contribution is 5.94. The molecule has 0 saturated carbocycles. The predicted molar refractivity (Wildman–Crippen MR) is 85.7 cm³/mol. The molecule has 2 rings (SSSR count). The number of hydrogen-bond donors (Lipinski definition) is 2. The maximum Gasteiger partial charge on any atom is 0.228 e. The fourth-order valence-corrected chi connectivity index (χ4v) is 2.12. The van der Waals surface area contributed by atoms with Crippen LogP contribution in [0.4, 0.5) is 11.4 Å². The van der Waals surface area contributed by atoms with Crippen molar-refractivity contribution in [1.29, 1.82) is 0 Å². The summed E-state index contributed by atoms with van der Waals surface area (Å²) >= 11 is 0. The summed E-state index contributed by atoms with van der Waals surface area (Å²) in [5, 5.41) is 2.84. The van der Waals surface area contributed by atoms with Gasteiger partial charge in [0.15, 0.2) is 0 Å². The summed E-state index contributed by atoms with van der Waals surface area (Å²) < 4.78 is 5.22. The first-order chi connectivity index (χ1) is 9.99. The minimum atomic E-state index is -0.0952. The molecule has 1 amide bonds. The molecule has 0 atom stereocenters. The summed E-state index contributed by atoms with van der Waals surface area (Å²) in [6.45, 7) is 4.09. The van der Waals surface area contributed by atoms with Gasteiger partial charge in [-0.2, -0.15) is 0 Å². The Morgan fingerprint density at radius 2 is 1.90 bits per heavy atom. The summed E-state index contributed by atoms with van der Waals surface area (Å²) in [5.41, 5.74) is 10.3. The van der Waals surface area contributed by atoms with Gasteiger partial charge in [-0.25, -0.2) is 0 Å². The van der Waals surface area contributed by atoms with E-state index in [2.05, 4.69) is 12.2 Å². The van der Waals surface area contributed by atoms with Crippen molar-refractivity contribution in [2.75, 3.05) is 18.2 Å². The fourth-order valence-electron chi connectivity index (χ4n) is 2.12. The highest BCUT2D eigenvalue weighted by atomic mass is 16.5. The van der Waals surface area contributed by atoms with Gasteiger partial charge >= 0.3 is 0 Å².